The zero-order valence-electron chi connectivity index (χ0n) is 13.4. The van der Waals surface area contributed by atoms with E-state index < -0.39 is 0 Å². The smallest absolute Gasteiger partial charge is 0.223 e. The highest BCUT2D eigenvalue weighted by Crippen LogP contribution is 2.58. The molecular formula is C16H26Cl2N4O. The van der Waals surface area contributed by atoms with E-state index in [2.05, 4.69) is 20.9 Å². The monoisotopic (exact) mass is 360 g/mol. The first-order chi connectivity index (χ1) is 10.2. The van der Waals surface area contributed by atoms with Crippen molar-refractivity contribution >= 4 is 36.5 Å². The fraction of sp³-hybridized carbons (Fsp3) is 0.625. The fourth-order valence-electron chi connectivity index (χ4n) is 3.34. The second-order valence-electron chi connectivity index (χ2n) is 6.25. The van der Waals surface area contributed by atoms with Crippen LogP contribution in [0.1, 0.15) is 25.0 Å². The number of aromatic nitrogens is 1. The van der Waals surface area contributed by atoms with Crippen LogP contribution >= 0.6 is 24.8 Å². The molecule has 1 saturated carbocycles. The van der Waals surface area contributed by atoms with Crippen molar-refractivity contribution in [1.29, 1.82) is 0 Å². The Morgan fingerprint density at radius 1 is 1.30 bits per heavy atom. The van der Waals surface area contributed by atoms with Gasteiger partial charge in [0.15, 0.2) is 0 Å². The molecule has 7 heteroatoms. The SMILES string of the molecule is Cc1cccc(NCCNC(=O)C2CC23CCNCC3)n1.Cl.Cl. The molecule has 23 heavy (non-hydrogen) atoms. The molecule has 0 radical (unpaired) electrons. The third-order valence-corrected chi connectivity index (χ3v) is 4.72. The second-order valence-corrected chi connectivity index (χ2v) is 6.25. The summed E-state index contributed by atoms with van der Waals surface area (Å²) >= 11 is 0. The molecular weight excluding hydrogens is 335 g/mol. The molecule has 0 aromatic carbocycles. The maximum atomic E-state index is 12.2. The van der Waals surface area contributed by atoms with E-state index in [0.29, 0.717) is 18.5 Å². The van der Waals surface area contributed by atoms with E-state index in [9.17, 15) is 4.79 Å². The van der Waals surface area contributed by atoms with E-state index in [1.807, 2.05) is 25.1 Å². The molecule has 5 nitrogen and oxygen atoms in total. The number of halogens is 2. The van der Waals surface area contributed by atoms with Crippen molar-refractivity contribution in [2.45, 2.75) is 26.2 Å². The summed E-state index contributed by atoms with van der Waals surface area (Å²) in [6.07, 6.45) is 3.38. The van der Waals surface area contributed by atoms with E-state index in [-0.39, 0.29) is 36.6 Å². The number of carbonyl (C=O) groups excluding carboxylic acids is 1. The first-order valence-corrected chi connectivity index (χ1v) is 7.86. The number of amides is 1. The Balaban J connectivity index is 0.00000132. The molecule has 2 aliphatic rings. The summed E-state index contributed by atoms with van der Waals surface area (Å²) in [4.78, 5) is 16.5. The van der Waals surface area contributed by atoms with E-state index >= 15 is 0 Å². The van der Waals surface area contributed by atoms with E-state index in [4.69, 9.17) is 0 Å². The Labute approximate surface area is 150 Å². The number of piperidine rings is 1. The summed E-state index contributed by atoms with van der Waals surface area (Å²) in [7, 11) is 0. The van der Waals surface area contributed by atoms with E-state index in [1.54, 1.807) is 0 Å². The van der Waals surface area contributed by atoms with Crippen LogP contribution in [0.4, 0.5) is 5.82 Å². The summed E-state index contributed by atoms with van der Waals surface area (Å²) in [5, 5.41) is 9.65. The minimum atomic E-state index is 0. The van der Waals surface area contributed by atoms with Gasteiger partial charge in [0, 0.05) is 24.7 Å². The molecule has 1 amide bonds. The van der Waals surface area contributed by atoms with Gasteiger partial charge in [0.05, 0.1) is 0 Å². The number of rotatable bonds is 5. The first-order valence-electron chi connectivity index (χ1n) is 7.86. The standard InChI is InChI=1S/C16H24N4O.2ClH/c1-12-3-2-4-14(20-12)18-9-10-19-15(21)13-11-16(13)5-7-17-8-6-16;;/h2-4,13,17H,5-11H2,1H3,(H,18,20)(H,19,21);2*1H. The Hall–Kier alpha value is -1.04. The van der Waals surface area contributed by atoms with Crippen molar-refractivity contribution in [3.8, 4) is 0 Å². The lowest BCUT2D eigenvalue weighted by atomic mass is 9.92. The molecule has 1 aromatic rings. The third-order valence-electron chi connectivity index (χ3n) is 4.72. The molecule has 3 rings (SSSR count). The van der Waals surface area contributed by atoms with Crippen molar-refractivity contribution in [2.75, 3.05) is 31.5 Å². The Bertz CT molecular complexity index is 521. The van der Waals surface area contributed by atoms with Gasteiger partial charge in [0.1, 0.15) is 5.82 Å². The minimum Gasteiger partial charge on any atom is -0.368 e. The molecule has 3 N–H and O–H groups in total. The van der Waals surface area contributed by atoms with Crippen molar-refractivity contribution in [1.82, 2.24) is 15.6 Å². The van der Waals surface area contributed by atoms with Crippen LogP contribution in [-0.4, -0.2) is 37.1 Å². The van der Waals surface area contributed by atoms with E-state index in [0.717, 1.165) is 43.9 Å². The number of carbonyl (C=O) groups is 1. The lowest BCUT2D eigenvalue weighted by Crippen LogP contribution is -2.35. The maximum absolute atomic E-state index is 12.2. The normalized spacial score (nSPS) is 20.8. The summed E-state index contributed by atoms with van der Waals surface area (Å²) in [5.74, 6) is 1.35. The number of aryl methyl sites for hydroxylation is 1. The molecule has 2 fully saturated rings. The summed E-state index contributed by atoms with van der Waals surface area (Å²) in [6, 6.07) is 5.90. The molecule has 130 valence electrons. The molecule has 1 atom stereocenters. The highest BCUT2D eigenvalue weighted by Gasteiger charge is 2.57. The zero-order valence-corrected chi connectivity index (χ0v) is 15.1. The Morgan fingerprint density at radius 3 is 2.74 bits per heavy atom. The largest absolute Gasteiger partial charge is 0.368 e. The van der Waals surface area contributed by atoms with Crippen LogP contribution in [0.25, 0.3) is 0 Å². The number of nitrogens with zero attached hydrogens (tertiary/aromatic N) is 1. The lowest BCUT2D eigenvalue weighted by molar-refractivity contribution is -0.123. The van der Waals surface area contributed by atoms with Crippen molar-refractivity contribution in [2.24, 2.45) is 11.3 Å². The minimum absolute atomic E-state index is 0. The number of hydrogen-bond donors (Lipinski definition) is 3. The first kappa shape index (κ1) is 20.0. The Kier molecular flexibility index (Phi) is 7.58. The van der Waals surface area contributed by atoms with Crippen molar-refractivity contribution in [3.05, 3.63) is 23.9 Å². The quantitative estimate of drug-likeness (QED) is 0.703. The van der Waals surface area contributed by atoms with Gasteiger partial charge in [0.2, 0.25) is 5.91 Å². The summed E-state index contributed by atoms with van der Waals surface area (Å²) < 4.78 is 0. The average Bonchev–Trinajstić information content (AvgIpc) is 3.18. The third kappa shape index (κ3) is 4.96. The summed E-state index contributed by atoms with van der Waals surface area (Å²) in [5.41, 5.74) is 1.32. The van der Waals surface area contributed by atoms with Crippen LogP contribution in [0.15, 0.2) is 18.2 Å². The molecule has 0 bridgehead atoms. The number of nitrogens with one attached hydrogen (secondary N) is 3. The predicted octanol–water partition coefficient (Wildman–Crippen LogP) is 2.15. The maximum Gasteiger partial charge on any atom is 0.223 e. The lowest BCUT2D eigenvalue weighted by Gasteiger charge is -2.23. The van der Waals surface area contributed by atoms with Crippen LogP contribution in [-0.2, 0) is 4.79 Å². The van der Waals surface area contributed by atoms with Gasteiger partial charge in [-0.2, -0.15) is 0 Å². The van der Waals surface area contributed by atoms with Gasteiger partial charge in [-0.05, 0) is 56.8 Å². The van der Waals surface area contributed by atoms with Crippen molar-refractivity contribution < 1.29 is 4.79 Å². The molecule has 2 heterocycles. The molecule has 1 saturated heterocycles. The van der Waals surface area contributed by atoms with Gasteiger partial charge < -0.3 is 16.0 Å². The van der Waals surface area contributed by atoms with E-state index in [1.165, 1.54) is 0 Å². The molecule has 1 spiro atoms. The molecule has 1 aromatic heterocycles. The molecule has 1 aliphatic carbocycles. The number of pyridine rings is 1. The average molecular weight is 361 g/mol. The van der Waals surface area contributed by atoms with Gasteiger partial charge in [-0.1, -0.05) is 6.07 Å². The highest BCUT2D eigenvalue weighted by atomic mass is 35.5. The predicted molar refractivity (Wildman–Crippen MR) is 97.6 cm³/mol. The number of anilines is 1. The van der Waals surface area contributed by atoms with Crippen LogP contribution < -0.4 is 16.0 Å². The van der Waals surface area contributed by atoms with Gasteiger partial charge in [-0.3, -0.25) is 4.79 Å². The van der Waals surface area contributed by atoms with Crippen LogP contribution in [0.3, 0.4) is 0 Å². The zero-order chi connectivity index (χ0) is 14.7. The van der Waals surface area contributed by atoms with Crippen LogP contribution in [0.5, 0.6) is 0 Å². The fourth-order valence-corrected chi connectivity index (χ4v) is 3.34. The number of hydrogen-bond acceptors (Lipinski definition) is 4. The van der Waals surface area contributed by atoms with Crippen molar-refractivity contribution in [3.63, 3.8) is 0 Å². The topological polar surface area (TPSA) is 66.0 Å². The van der Waals surface area contributed by atoms with Crippen LogP contribution in [0.2, 0.25) is 0 Å². The van der Waals surface area contributed by atoms with Gasteiger partial charge in [-0.25, -0.2) is 4.98 Å². The second kappa shape index (κ2) is 8.71. The van der Waals surface area contributed by atoms with Gasteiger partial charge >= 0.3 is 0 Å². The van der Waals surface area contributed by atoms with Gasteiger partial charge in [0.25, 0.3) is 0 Å². The molecule has 1 unspecified atom stereocenters. The molecule has 1 aliphatic heterocycles. The van der Waals surface area contributed by atoms with Gasteiger partial charge in [-0.15, -0.1) is 24.8 Å². The summed E-state index contributed by atoms with van der Waals surface area (Å²) in [6.45, 7) is 5.45. The Morgan fingerprint density at radius 2 is 2.04 bits per heavy atom. The highest BCUT2D eigenvalue weighted by molar-refractivity contribution is 5.85. The van der Waals surface area contributed by atoms with Crippen LogP contribution in [0, 0.1) is 18.3 Å².